The van der Waals surface area contributed by atoms with Crippen LogP contribution < -0.4 is 0 Å². The lowest BCUT2D eigenvalue weighted by atomic mass is 10.1. The van der Waals surface area contributed by atoms with Crippen LogP contribution in [0.3, 0.4) is 0 Å². The number of hydrogen-bond acceptors (Lipinski definition) is 13. The summed E-state index contributed by atoms with van der Waals surface area (Å²) < 4.78 is 22.0. The van der Waals surface area contributed by atoms with Crippen LogP contribution in [0.1, 0.15) is 298 Å². The first kappa shape index (κ1) is 79.7. The highest BCUT2D eigenvalue weighted by Crippen LogP contribution is 2.16. The second-order valence-corrected chi connectivity index (χ2v) is 23.9. The van der Waals surface area contributed by atoms with E-state index in [9.17, 15) is 19.2 Å². The molecule has 0 atom stereocenters. The number of esters is 4. The first-order chi connectivity index (χ1) is 40.1. The quantitative estimate of drug-likeness (QED) is 0.0327. The molecule has 0 radical (unpaired) electrons. The van der Waals surface area contributed by atoms with Gasteiger partial charge in [-0.25, -0.2) is 0 Å². The van der Waals surface area contributed by atoms with Crippen molar-refractivity contribution in [1.29, 1.82) is 0 Å². The minimum absolute atomic E-state index is 0.149. The van der Waals surface area contributed by atoms with Gasteiger partial charge in [0.1, 0.15) is 0 Å². The Morgan fingerprint density at radius 1 is 0.232 bits per heavy atom. The molecule has 0 aromatic carbocycles. The molecule has 13 nitrogen and oxygen atoms in total. The predicted octanol–water partition coefficient (Wildman–Crippen LogP) is 16.0. The summed E-state index contributed by atoms with van der Waals surface area (Å²) >= 11 is 0. The van der Waals surface area contributed by atoms with E-state index < -0.39 is 0 Å². The van der Waals surface area contributed by atoms with Gasteiger partial charge in [0.05, 0.1) is 52.6 Å². The lowest BCUT2D eigenvalue weighted by Gasteiger charge is -2.31. The third-order valence-corrected chi connectivity index (χ3v) is 16.8. The van der Waals surface area contributed by atoms with Crippen molar-refractivity contribution >= 4 is 23.9 Å². The average Bonchev–Trinajstić information content (AvgIpc) is 3.48. The smallest absolute Gasteiger partial charge is 0.307 e. The Morgan fingerprint density at radius 2 is 0.415 bits per heavy atom. The van der Waals surface area contributed by atoms with Gasteiger partial charge in [-0.3, -0.25) is 19.2 Å². The van der Waals surface area contributed by atoms with Crippen LogP contribution in [0.4, 0.5) is 0 Å². The maximum Gasteiger partial charge on any atom is 0.307 e. The third kappa shape index (κ3) is 55.5. The molecule has 486 valence electrons. The van der Waals surface area contributed by atoms with Crippen molar-refractivity contribution in [3.63, 3.8) is 0 Å². The molecule has 13 heteroatoms. The molecule has 82 heavy (non-hydrogen) atoms. The van der Waals surface area contributed by atoms with Gasteiger partial charge < -0.3 is 43.4 Å². The van der Waals surface area contributed by atoms with E-state index in [0.717, 1.165) is 111 Å². The molecule has 0 rings (SSSR count). The molecule has 0 fully saturated rings. The monoisotopic (exact) mass is 1160 g/mol. The number of nitrogens with zero attached hydrogens (tertiary/aromatic N) is 5. The molecule has 0 aliphatic carbocycles. The van der Waals surface area contributed by atoms with E-state index in [2.05, 4.69) is 66.0 Å². The highest BCUT2D eigenvalue weighted by Gasteiger charge is 2.17. The van der Waals surface area contributed by atoms with E-state index in [0.29, 0.717) is 71.7 Å². The Hall–Kier alpha value is -2.32. The summed E-state index contributed by atoms with van der Waals surface area (Å²) in [5.74, 6) is -0.696. The Morgan fingerprint density at radius 3 is 0.610 bits per heavy atom. The van der Waals surface area contributed by atoms with Crippen molar-refractivity contribution in [2.45, 2.75) is 298 Å². The molecule has 0 amide bonds. The predicted molar refractivity (Wildman–Crippen MR) is 346 cm³/mol. The van der Waals surface area contributed by atoms with Crippen LogP contribution in [-0.2, 0) is 38.1 Å². The second-order valence-electron chi connectivity index (χ2n) is 23.9. The summed E-state index contributed by atoms with van der Waals surface area (Å²) in [6, 6.07) is 0. The maximum absolute atomic E-state index is 13.0. The average molecular weight is 1160 g/mol. The molecule has 0 aliphatic heterocycles. The number of likely N-dealkylation sites (N-methyl/N-ethyl adjacent to an activating group) is 3. The maximum atomic E-state index is 13.0. The Kier molecular flexibility index (Phi) is 61.4. The van der Waals surface area contributed by atoms with Crippen LogP contribution >= 0.6 is 0 Å². The van der Waals surface area contributed by atoms with Gasteiger partial charge >= 0.3 is 23.9 Å². The standard InChI is InChI=1S/C69H137N5O8/c1-8-14-17-20-23-26-29-32-35-38-41-44-63-80-67(76)48-52-73(51-47-66(75)79-7)61-59-71(12-5)57-55-70(11-4)56-58-72(13-6)60-62-74(53-49-68(77)81-64-45-42-39-36-33-30-27-24-21-18-15-9-2)54-50-69(78)82-65-46-43-40-37-34-31-28-25-22-19-16-10-3/h8-65H2,1-7H3. The number of ether oxygens (including phenoxy) is 4. The van der Waals surface area contributed by atoms with Crippen molar-refractivity contribution in [1.82, 2.24) is 24.5 Å². The van der Waals surface area contributed by atoms with E-state index in [4.69, 9.17) is 18.9 Å². The van der Waals surface area contributed by atoms with E-state index in [1.165, 1.54) is 200 Å². The highest BCUT2D eigenvalue weighted by molar-refractivity contribution is 5.70. The number of hydrogen-bond donors (Lipinski definition) is 0. The molecule has 0 aromatic rings. The summed E-state index contributed by atoms with van der Waals surface area (Å²) in [7, 11) is 1.43. The summed E-state index contributed by atoms with van der Waals surface area (Å²) in [5, 5.41) is 0. The molecule has 0 spiro atoms. The van der Waals surface area contributed by atoms with Crippen molar-refractivity contribution in [2.75, 3.05) is 125 Å². The summed E-state index contributed by atoms with van der Waals surface area (Å²) in [4.78, 5) is 62.8. The van der Waals surface area contributed by atoms with E-state index >= 15 is 0 Å². The zero-order chi connectivity index (χ0) is 60.0. The van der Waals surface area contributed by atoms with E-state index in [-0.39, 0.29) is 23.9 Å². The normalized spacial score (nSPS) is 11.8. The summed E-state index contributed by atoms with van der Waals surface area (Å²) in [6.07, 6.45) is 47.2. The van der Waals surface area contributed by atoms with E-state index in [1.807, 2.05) is 0 Å². The highest BCUT2D eigenvalue weighted by atomic mass is 16.5. The van der Waals surface area contributed by atoms with Gasteiger partial charge in [-0.15, -0.1) is 0 Å². The minimum Gasteiger partial charge on any atom is -0.469 e. The fourth-order valence-electron chi connectivity index (χ4n) is 10.8. The van der Waals surface area contributed by atoms with Gasteiger partial charge in [-0.2, -0.15) is 0 Å². The minimum atomic E-state index is -0.237. The fraction of sp³-hybridized carbons (Fsp3) is 0.942. The lowest BCUT2D eigenvalue weighted by molar-refractivity contribution is -0.145. The first-order valence-corrected chi connectivity index (χ1v) is 35.3. The van der Waals surface area contributed by atoms with Gasteiger partial charge in [0.15, 0.2) is 0 Å². The van der Waals surface area contributed by atoms with Crippen molar-refractivity contribution in [3.05, 3.63) is 0 Å². The van der Waals surface area contributed by atoms with Crippen LogP contribution in [0.2, 0.25) is 0 Å². The topological polar surface area (TPSA) is 121 Å². The zero-order valence-electron chi connectivity index (χ0n) is 55.5. The van der Waals surface area contributed by atoms with Gasteiger partial charge in [-0.05, 0) is 38.9 Å². The largest absolute Gasteiger partial charge is 0.469 e. The molecule has 0 saturated heterocycles. The Labute approximate surface area is 507 Å². The van der Waals surface area contributed by atoms with Crippen molar-refractivity contribution in [2.24, 2.45) is 0 Å². The molecular formula is C69H137N5O8. The first-order valence-electron chi connectivity index (χ1n) is 35.3. The van der Waals surface area contributed by atoms with Gasteiger partial charge in [0.25, 0.3) is 0 Å². The van der Waals surface area contributed by atoms with E-state index in [1.54, 1.807) is 0 Å². The number of methoxy groups -OCH3 is 1. The summed E-state index contributed by atoms with van der Waals surface area (Å²) in [5.41, 5.74) is 0. The van der Waals surface area contributed by atoms with Crippen molar-refractivity contribution < 1.29 is 38.1 Å². The number of rotatable bonds is 66. The molecule has 0 aromatic heterocycles. The van der Waals surface area contributed by atoms with Crippen LogP contribution in [0.5, 0.6) is 0 Å². The second kappa shape index (κ2) is 63.2. The molecule has 0 saturated carbocycles. The molecule has 0 heterocycles. The molecule has 0 aliphatic rings. The Bertz CT molecular complexity index is 1350. The van der Waals surface area contributed by atoms with Gasteiger partial charge in [0, 0.05) is 78.5 Å². The molecule has 0 bridgehead atoms. The molecule has 0 N–H and O–H groups in total. The lowest BCUT2D eigenvalue weighted by Crippen LogP contribution is -2.43. The number of carbonyl (C=O) groups excluding carboxylic acids is 4. The summed E-state index contributed by atoms with van der Waals surface area (Å²) in [6.45, 7) is 26.9. The fourth-order valence-corrected chi connectivity index (χ4v) is 10.8. The Balaban J connectivity index is 5.02. The van der Waals surface area contributed by atoms with Crippen LogP contribution in [0.15, 0.2) is 0 Å². The van der Waals surface area contributed by atoms with Crippen LogP contribution in [-0.4, -0.2) is 173 Å². The molecular weight excluding hydrogens is 1030 g/mol. The number of unbranched alkanes of at least 4 members (excludes halogenated alkanes) is 33. The van der Waals surface area contributed by atoms with Gasteiger partial charge in [-0.1, -0.05) is 253 Å². The number of carbonyl (C=O) groups is 4. The van der Waals surface area contributed by atoms with Gasteiger partial charge in [0.2, 0.25) is 0 Å². The SMILES string of the molecule is CCCCCCCCCCCCCCOC(=O)CCN(CCC(=O)OC)CCN(CC)CCN(CC)CCN(CC)CCN(CCC(=O)OCCCCCCCCCCCCCC)CCC(=O)OCCCCCCCCCCCCCC. The third-order valence-electron chi connectivity index (χ3n) is 16.8. The van der Waals surface area contributed by atoms with Crippen molar-refractivity contribution in [3.8, 4) is 0 Å². The van der Waals surface area contributed by atoms with Crippen LogP contribution in [0, 0.1) is 0 Å². The van der Waals surface area contributed by atoms with Crippen LogP contribution in [0.25, 0.3) is 0 Å². The zero-order valence-corrected chi connectivity index (χ0v) is 55.5. The molecule has 0 unspecified atom stereocenters.